The fourth-order valence-electron chi connectivity index (χ4n) is 3.86. The van der Waals surface area contributed by atoms with Crippen molar-refractivity contribution in [2.75, 3.05) is 19.7 Å². The van der Waals surface area contributed by atoms with Crippen LogP contribution in [0.15, 0.2) is 18.2 Å². The van der Waals surface area contributed by atoms with Crippen molar-refractivity contribution in [1.29, 1.82) is 0 Å². The number of hydrogen-bond donors (Lipinski definition) is 2. The van der Waals surface area contributed by atoms with E-state index in [1.807, 2.05) is 11.8 Å². The first-order valence-electron chi connectivity index (χ1n) is 9.21. The van der Waals surface area contributed by atoms with Crippen molar-refractivity contribution in [2.24, 2.45) is 5.92 Å². The summed E-state index contributed by atoms with van der Waals surface area (Å²) in [6.07, 6.45) is 1.57. The summed E-state index contributed by atoms with van der Waals surface area (Å²) in [5, 5.41) is 12.0. The van der Waals surface area contributed by atoms with Gasteiger partial charge in [0.15, 0.2) is 0 Å². The number of rotatable bonds is 7. The Labute approximate surface area is 162 Å². The second-order valence-corrected chi connectivity index (χ2v) is 7.55. The number of benzene rings is 1. The fraction of sp³-hybridized carbons (Fsp3) is 0.579. The van der Waals surface area contributed by atoms with E-state index < -0.39 is 17.9 Å². The predicted molar refractivity (Wildman–Crippen MR) is 98.0 cm³/mol. The van der Waals surface area contributed by atoms with Crippen LogP contribution in [0, 0.1) is 11.7 Å². The van der Waals surface area contributed by atoms with Gasteiger partial charge in [-0.1, -0.05) is 24.6 Å². The SMILES string of the molecule is CCN(CC(=O)O)C1CC(NC(=O)[C@@H]2CCO[C@H]2c2ccc(Cl)c(F)c2)C1. The molecule has 0 radical (unpaired) electrons. The number of ether oxygens (including phenoxy) is 1. The molecule has 3 rings (SSSR count). The lowest BCUT2D eigenvalue weighted by Crippen LogP contribution is -2.55. The van der Waals surface area contributed by atoms with E-state index in [0.717, 1.165) is 12.8 Å². The van der Waals surface area contributed by atoms with Crippen molar-refractivity contribution >= 4 is 23.5 Å². The zero-order chi connectivity index (χ0) is 19.6. The summed E-state index contributed by atoms with van der Waals surface area (Å²) in [6.45, 7) is 3.06. The van der Waals surface area contributed by atoms with E-state index in [1.165, 1.54) is 12.1 Å². The molecule has 2 aliphatic rings. The highest BCUT2D eigenvalue weighted by Gasteiger charge is 2.39. The minimum atomic E-state index is -0.842. The largest absolute Gasteiger partial charge is 0.480 e. The number of carbonyl (C=O) groups is 2. The molecule has 2 N–H and O–H groups in total. The number of nitrogens with one attached hydrogen (secondary N) is 1. The van der Waals surface area contributed by atoms with Gasteiger partial charge in [-0.2, -0.15) is 0 Å². The van der Waals surface area contributed by atoms with Crippen molar-refractivity contribution < 1.29 is 23.8 Å². The van der Waals surface area contributed by atoms with Gasteiger partial charge in [0.25, 0.3) is 0 Å². The van der Waals surface area contributed by atoms with Gasteiger partial charge >= 0.3 is 5.97 Å². The van der Waals surface area contributed by atoms with Crippen LogP contribution >= 0.6 is 11.6 Å². The number of amides is 1. The summed E-state index contributed by atoms with van der Waals surface area (Å²) in [7, 11) is 0. The fourth-order valence-corrected chi connectivity index (χ4v) is 3.98. The van der Waals surface area contributed by atoms with Crippen molar-refractivity contribution in [2.45, 2.75) is 44.4 Å². The van der Waals surface area contributed by atoms with Gasteiger partial charge in [0.05, 0.1) is 23.6 Å². The highest BCUT2D eigenvalue weighted by Crippen LogP contribution is 2.36. The normalized spacial score (nSPS) is 27.4. The minimum Gasteiger partial charge on any atom is -0.480 e. The number of carbonyl (C=O) groups excluding carboxylic acids is 1. The summed E-state index contributed by atoms with van der Waals surface area (Å²) in [4.78, 5) is 25.5. The molecule has 1 aliphatic carbocycles. The number of nitrogens with zero attached hydrogens (tertiary/aromatic N) is 1. The molecule has 0 spiro atoms. The molecule has 6 nitrogen and oxygen atoms in total. The first-order valence-corrected chi connectivity index (χ1v) is 9.59. The van der Waals surface area contributed by atoms with Crippen LogP contribution in [-0.4, -0.2) is 53.7 Å². The van der Waals surface area contributed by atoms with Crippen molar-refractivity contribution in [3.05, 3.63) is 34.6 Å². The van der Waals surface area contributed by atoms with Gasteiger partial charge in [0, 0.05) is 18.7 Å². The molecule has 0 aromatic heterocycles. The van der Waals surface area contributed by atoms with Crippen molar-refractivity contribution in [3.8, 4) is 0 Å². The molecule has 0 bridgehead atoms. The van der Waals surface area contributed by atoms with Gasteiger partial charge in [-0.05, 0) is 43.5 Å². The molecule has 1 saturated carbocycles. The molecule has 27 heavy (non-hydrogen) atoms. The van der Waals surface area contributed by atoms with E-state index in [1.54, 1.807) is 6.07 Å². The average Bonchev–Trinajstić information content (AvgIpc) is 3.08. The van der Waals surface area contributed by atoms with Crippen molar-refractivity contribution in [1.82, 2.24) is 10.2 Å². The molecule has 2 atom stereocenters. The smallest absolute Gasteiger partial charge is 0.317 e. The standard InChI is InChI=1S/C19H24ClFN2O4/c1-2-23(10-17(24)25)13-8-12(9-13)22-19(26)14-5-6-27-18(14)11-3-4-15(20)16(21)7-11/h3-4,7,12-14,18H,2,5-6,8-10H2,1H3,(H,22,26)(H,24,25)/t12?,13?,14-,18+/m1/s1. The van der Waals surface area contributed by atoms with E-state index in [2.05, 4.69) is 5.32 Å². The van der Waals surface area contributed by atoms with Crippen LogP contribution < -0.4 is 5.32 Å². The Bertz CT molecular complexity index is 711. The summed E-state index contributed by atoms with van der Waals surface area (Å²) >= 11 is 5.73. The Morgan fingerprint density at radius 2 is 2.15 bits per heavy atom. The maximum Gasteiger partial charge on any atom is 0.317 e. The van der Waals surface area contributed by atoms with Gasteiger partial charge in [-0.15, -0.1) is 0 Å². The first kappa shape index (κ1) is 20.0. The summed E-state index contributed by atoms with van der Waals surface area (Å²) in [5.41, 5.74) is 0.611. The molecule has 1 amide bonds. The zero-order valence-corrected chi connectivity index (χ0v) is 15.9. The average molecular weight is 399 g/mol. The van der Waals surface area contributed by atoms with Gasteiger partial charge in [-0.25, -0.2) is 4.39 Å². The number of likely N-dealkylation sites (N-methyl/N-ethyl adjacent to an activating group) is 1. The van der Waals surface area contributed by atoms with E-state index in [9.17, 15) is 14.0 Å². The summed E-state index contributed by atoms with van der Waals surface area (Å²) in [5.74, 6) is -1.84. The summed E-state index contributed by atoms with van der Waals surface area (Å²) < 4.78 is 19.4. The molecule has 1 aromatic carbocycles. The Morgan fingerprint density at radius 1 is 1.41 bits per heavy atom. The second-order valence-electron chi connectivity index (χ2n) is 7.15. The summed E-state index contributed by atoms with van der Waals surface area (Å²) in [6, 6.07) is 4.70. The van der Waals surface area contributed by atoms with Crippen LogP contribution in [0.1, 0.15) is 37.9 Å². The first-order chi connectivity index (χ1) is 12.9. The molecular weight excluding hydrogens is 375 g/mol. The number of hydrogen-bond acceptors (Lipinski definition) is 4. The molecule has 148 valence electrons. The highest BCUT2D eigenvalue weighted by atomic mass is 35.5. The maximum atomic E-state index is 13.7. The van der Waals surface area contributed by atoms with Crippen LogP contribution in [0.4, 0.5) is 4.39 Å². The third kappa shape index (κ3) is 4.59. The number of carboxylic acid groups (broad SMARTS) is 1. The Kier molecular flexibility index (Phi) is 6.34. The molecule has 2 fully saturated rings. The molecule has 8 heteroatoms. The van der Waals surface area contributed by atoms with E-state index in [4.69, 9.17) is 21.4 Å². The molecule has 1 aliphatic heterocycles. The van der Waals surface area contributed by atoms with Crippen LogP contribution in [0.25, 0.3) is 0 Å². The maximum absolute atomic E-state index is 13.7. The lowest BCUT2D eigenvalue weighted by atomic mass is 9.84. The predicted octanol–water partition coefficient (Wildman–Crippen LogP) is 2.61. The lowest BCUT2D eigenvalue weighted by molar-refractivity contribution is -0.140. The number of carboxylic acids is 1. The molecule has 1 aromatic rings. The van der Waals surface area contributed by atoms with Crippen LogP contribution in [0.2, 0.25) is 5.02 Å². The number of aliphatic carboxylic acids is 1. The van der Waals surface area contributed by atoms with Gasteiger partial charge in [0.2, 0.25) is 5.91 Å². The second kappa shape index (κ2) is 8.54. The third-order valence-corrected chi connectivity index (χ3v) is 5.73. The van der Waals surface area contributed by atoms with E-state index >= 15 is 0 Å². The van der Waals surface area contributed by atoms with Gasteiger partial charge < -0.3 is 15.2 Å². The Hall–Kier alpha value is -1.70. The molecule has 1 saturated heterocycles. The highest BCUT2D eigenvalue weighted by molar-refractivity contribution is 6.30. The molecule has 1 heterocycles. The Balaban J connectivity index is 1.55. The van der Waals surface area contributed by atoms with Crippen molar-refractivity contribution in [3.63, 3.8) is 0 Å². The molecule has 0 unspecified atom stereocenters. The van der Waals surface area contributed by atoms with Gasteiger partial charge in [-0.3, -0.25) is 14.5 Å². The lowest BCUT2D eigenvalue weighted by Gasteiger charge is -2.42. The van der Waals surface area contributed by atoms with E-state index in [-0.39, 0.29) is 35.5 Å². The van der Waals surface area contributed by atoms with E-state index in [0.29, 0.717) is 25.1 Å². The topological polar surface area (TPSA) is 78.9 Å². The van der Waals surface area contributed by atoms with Gasteiger partial charge in [0.1, 0.15) is 5.82 Å². The number of halogens is 2. The third-order valence-electron chi connectivity index (χ3n) is 5.42. The minimum absolute atomic E-state index is 0.0164. The monoisotopic (exact) mass is 398 g/mol. The zero-order valence-electron chi connectivity index (χ0n) is 15.2. The Morgan fingerprint density at radius 3 is 2.78 bits per heavy atom. The molecular formula is C19H24ClFN2O4. The van der Waals surface area contributed by atoms with Crippen LogP contribution in [0.5, 0.6) is 0 Å². The van der Waals surface area contributed by atoms with Crippen LogP contribution in [-0.2, 0) is 14.3 Å². The van der Waals surface area contributed by atoms with Crippen LogP contribution in [0.3, 0.4) is 0 Å². The quantitative estimate of drug-likeness (QED) is 0.738.